The fraction of sp³-hybridized carbons (Fsp3) is 0.391. The highest BCUT2D eigenvalue weighted by Crippen LogP contribution is 2.23. The number of amides is 2. The third kappa shape index (κ3) is 4.09. The van der Waals surface area contributed by atoms with Crippen molar-refractivity contribution in [3.63, 3.8) is 0 Å². The second-order valence-electron chi connectivity index (χ2n) is 7.36. The minimum absolute atomic E-state index is 0.186. The highest BCUT2D eigenvalue weighted by atomic mass is 16.5. The molecule has 1 fully saturated rings. The number of imide groups is 1. The number of benzene rings is 2. The smallest absolute Gasteiger partial charge is 0.261 e. The molecule has 0 aliphatic carbocycles. The van der Waals surface area contributed by atoms with E-state index >= 15 is 0 Å². The van der Waals surface area contributed by atoms with Crippen molar-refractivity contribution >= 4 is 11.8 Å². The molecule has 5 heteroatoms. The maximum absolute atomic E-state index is 12.4. The summed E-state index contributed by atoms with van der Waals surface area (Å²) in [4.78, 5) is 26.2. The zero-order chi connectivity index (χ0) is 19.3. The van der Waals surface area contributed by atoms with Crippen molar-refractivity contribution in [1.29, 1.82) is 0 Å². The third-order valence-corrected chi connectivity index (χ3v) is 5.33. The summed E-state index contributed by atoms with van der Waals surface area (Å²) < 4.78 is 11.6. The van der Waals surface area contributed by atoms with Gasteiger partial charge in [-0.05, 0) is 61.9 Å². The van der Waals surface area contributed by atoms with Crippen molar-refractivity contribution in [3.05, 3.63) is 65.2 Å². The van der Waals surface area contributed by atoms with E-state index in [9.17, 15) is 9.59 Å². The lowest BCUT2D eigenvalue weighted by atomic mass is 10.1. The number of fused-ring (bicyclic) bond motifs is 1. The molecule has 0 radical (unpaired) electrons. The molecule has 2 aromatic rings. The first-order chi connectivity index (χ1) is 13.7. The van der Waals surface area contributed by atoms with Gasteiger partial charge in [0.1, 0.15) is 12.4 Å². The van der Waals surface area contributed by atoms with E-state index in [1.54, 1.807) is 24.3 Å². The SMILES string of the molecule is O=C1c2ccccc2C(=O)N1CCCc1cccc(OCC2CCCCO2)c1. The van der Waals surface area contributed by atoms with Crippen molar-refractivity contribution in [2.45, 2.75) is 38.2 Å². The molecule has 0 aromatic heterocycles. The van der Waals surface area contributed by atoms with Crippen LogP contribution >= 0.6 is 0 Å². The largest absolute Gasteiger partial charge is 0.491 e. The van der Waals surface area contributed by atoms with E-state index in [2.05, 4.69) is 0 Å². The van der Waals surface area contributed by atoms with Crippen LogP contribution in [0.25, 0.3) is 0 Å². The Labute approximate surface area is 165 Å². The second-order valence-corrected chi connectivity index (χ2v) is 7.36. The van der Waals surface area contributed by atoms with Crippen molar-refractivity contribution < 1.29 is 19.1 Å². The summed E-state index contributed by atoms with van der Waals surface area (Å²) in [5, 5.41) is 0. The number of ether oxygens (including phenoxy) is 2. The van der Waals surface area contributed by atoms with Gasteiger partial charge >= 0.3 is 0 Å². The van der Waals surface area contributed by atoms with Crippen LogP contribution < -0.4 is 4.74 Å². The summed E-state index contributed by atoms with van der Waals surface area (Å²) in [6, 6.07) is 15.0. The molecule has 1 atom stereocenters. The van der Waals surface area contributed by atoms with Crippen molar-refractivity contribution in [3.8, 4) is 5.75 Å². The lowest BCUT2D eigenvalue weighted by Crippen LogP contribution is -2.30. The van der Waals surface area contributed by atoms with Crippen LogP contribution in [0.15, 0.2) is 48.5 Å². The molecule has 0 N–H and O–H groups in total. The maximum atomic E-state index is 12.4. The van der Waals surface area contributed by atoms with Crippen LogP contribution in [0, 0.1) is 0 Å². The van der Waals surface area contributed by atoms with Crippen molar-refractivity contribution in [2.75, 3.05) is 19.8 Å². The maximum Gasteiger partial charge on any atom is 0.261 e. The molecule has 146 valence electrons. The van der Waals surface area contributed by atoms with Crippen LogP contribution in [-0.4, -0.2) is 42.6 Å². The van der Waals surface area contributed by atoms with E-state index in [-0.39, 0.29) is 17.9 Å². The van der Waals surface area contributed by atoms with Gasteiger partial charge in [-0.15, -0.1) is 0 Å². The molecule has 28 heavy (non-hydrogen) atoms. The monoisotopic (exact) mass is 379 g/mol. The molecule has 0 bridgehead atoms. The molecule has 2 aromatic carbocycles. The number of rotatable bonds is 7. The highest BCUT2D eigenvalue weighted by molar-refractivity contribution is 6.21. The van der Waals surface area contributed by atoms with Gasteiger partial charge in [-0.3, -0.25) is 14.5 Å². The van der Waals surface area contributed by atoms with Crippen LogP contribution in [0.3, 0.4) is 0 Å². The van der Waals surface area contributed by atoms with Gasteiger partial charge in [-0.2, -0.15) is 0 Å². The van der Waals surface area contributed by atoms with Gasteiger partial charge in [0.2, 0.25) is 0 Å². The third-order valence-electron chi connectivity index (χ3n) is 5.33. The minimum atomic E-state index is -0.190. The summed E-state index contributed by atoms with van der Waals surface area (Å²) in [6.45, 7) is 1.83. The second kappa shape index (κ2) is 8.57. The fourth-order valence-electron chi connectivity index (χ4n) is 3.80. The van der Waals surface area contributed by atoms with Crippen molar-refractivity contribution in [1.82, 2.24) is 4.90 Å². The highest BCUT2D eigenvalue weighted by Gasteiger charge is 2.34. The summed E-state index contributed by atoms with van der Waals surface area (Å²) in [7, 11) is 0. The molecule has 0 saturated carbocycles. The van der Waals surface area contributed by atoms with E-state index in [4.69, 9.17) is 9.47 Å². The van der Waals surface area contributed by atoms with Crippen LogP contribution in [0.1, 0.15) is 52.0 Å². The van der Waals surface area contributed by atoms with Gasteiger partial charge in [0.25, 0.3) is 11.8 Å². The number of nitrogens with zero attached hydrogens (tertiary/aromatic N) is 1. The minimum Gasteiger partial charge on any atom is -0.491 e. The Kier molecular flexibility index (Phi) is 5.72. The van der Waals surface area contributed by atoms with Gasteiger partial charge in [0.15, 0.2) is 0 Å². The number of carbonyl (C=O) groups excluding carboxylic acids is 2. The topological polar surface area (TPSA) is 55.8 Å². The molecule has 2 aliphatic heterocycles. The molecule has 1 unspecified atom stereocenters. The van der Waals surface area contributed by atoms with Gasteiger partial charge in [0.05, 0.1) is 17.2 Å². The molecule has 2 aliphatic rings. The molecular formula is C23H25NO4. The Morgan fingerprint density at radius 1 is 1.00 bits per heavy atom. The number of hydrogen-bond donors (Lipinski definition) is 0. The van der Waals surface area contributed by atoms with Crippen LogP contribution in [0.4, 0.5) is 0 Å². The molecule has 4 rings (SSSR count). The van der Waals surface area contributed by atoms with Gasteiger partial charge < -0.3 is 9.47 Å². The van der Waals surface area contributed by atoms with Gasteiger partial charge in [0, 0.05) is 13.2 Å². The van der Waals surface area contributed by atoms with E-state index in [1.807, 2.05) is 24.3 Å². The molecule has 5 nitrogen and oxygen atoms in total. The molecule has 2 amide bonds. The van der Waals surface area contributed by atoms with E-state index in [0.717, 1.165) is 43.6 Å². The van der Waals surface area contributed by atoms with Crippen molar-refractivity contribution in [2.24, 2.45) is 0 Å². The van der Waals surface area contributed by atoms with Crippen LogP contribution in [-0.2, 0) is 11.2 Å². The number of carbonyl (C=O) groups is 2. The van der Waals surface area contributed by atoms with E-state index in [0.29, 0.717) is 24.3 Å². The van der Waals surface area contributed by atoms with E-state index < -0.39 is 0 Å². The summed E-state index contributed by atoms with van der Waals surface area (Å²) in [5.74, 6) is 0.461. The predicted molar refractivity (Wildman–Crippen MR) is 106 cm³/mol. The van der Waals surface area contributed by atoms with Gasteiger partial charge in [-0.25, -0.2) is 0 Å². The van der Waals surface area contributed by atoms with Gasteiger partial charge in [-0.1, -0.05) is 24.3 Å². The Morgan fingerprint density at radius 2 is 1.79 bits per heavy atom. The van der Waals surface area contributed by atoms with Crippen LogP contribution in [0.2, 0.25) is 0 Å². The first-order valence-electron chi connectivity index (χ1n) is 10.0. The first kappa shape index (κ1) is 18.7. The number of aryl methyl sites for hydroxylation is 1. The zero-order valence-corrected chi connectivity index (χ0v) is 15.9. The molecule has 1 saturated heterocycles. The summed E-state index contributed by atoms with van der Waals surface area (Å²) in [6.07, 6.45) is 5.09. The van der Waals surface area contributed by atoms with Crippen LogP contribution in [0.5, 0.6) is 5.75 Å². The Hall–Kier alpha value is -2.66. The average Bonchev–Trinajstić information content (AvgIpc) is 2.98. The molecule has 2 heterocycles. The Balaban J connectivity index is 1.28. The zero-order valence-electron chi connectivity index (χ0n) is 15.9. The Bertz CT molecular complexity index is 822. The fourth-order valence-corrected chi connectivity index (χ4v) is 3.80. The standard InChI is InChI=1S/C23H25NO4/c25-22-20-11-1-2-12-21(20)23(26)24(22)13-6-8-17-7-5-10-18(15-17)28-16-19-9-3-4-14-27-19/h1-2,5,7,10-12,15,19H,3-4,6,8-9,13-14,16H2. The molecule has 0 spiro atoms. The normalized spacial score (nSPS) is 19.0. The quantitative estimate of drug-likeness (QED) is 0.686. The number of hydrogen-bond acceptors (Lipinski definition) is 4. The summed E-state index contributed by atoms with van der Waals surface area (Å²) >= 11 is 0. The lowest BCUT2D eigenvalue weighted by molar-refractivity contribution is -0.0110. The average molecular weight is 379 g/mol. The lowest BCUT2D eigenvalue weighted by Gasteiger charge is -2.22. The molecular weight excluding hydrogens is 354 g/mol. The Morgan fingerprint density at radius 3 is 2.50 bits per heavy atom. The van der Waals surface area contributed by atoms with E-state index in [1.165, 1.54) is 11.3 Å². The first-order valence-corrected chi connectivity index (χ1v) is 10.0. The summed E-state index contributed by atoms with van der Waals surface area (Å²) in [5.41, 5.74) is 2.15. The predicted octanol–water partition coefficient (Wildman–Crippen LogP) is 3.86.